The van der Waals surface area contributed by atoms with Crippen molar-refractivity contribution >= 4 is 0 Å². The van der Waals surface area contributed by atoms with Crippen LogP contribution in [0.25, 0.3) is 0 Å². The molecule has 1 aromatic heterocycles. The molecule has 2 heteroatoms. The first-order valence-electron chi connectivity index (χ1n) is 4.04. The lowest BCUT2D eigenvalue weighted by molar-refractivity contribution is 0.849. The Balaban J connectivity index is 2.42. The van der Waals surface area contributed by atoms with Gasteiger partial charge in [0.25, 0.3) is 0 Å². The van der Waals surface area contributed by atoms with Gasteiger partial charge in [0.1, 0.15) is 6.33 Å². The van der Waals surface area contributed by atoms with Crippen LogP contribution in [0.1, 0.15) is 24.2 Å². The number of aromatic nitrogens is 2. The van der Waals surface area contributed by atoms with E-state index >= 15 is 0 Å². The molecule has 0 radical (unpaired) electrons. The van der Waals surface area contributed by atoms with Crippen molar-refractivity contribution in [3.8, 4) is 12.3 Å². The number of rotatable bonds is 1. The van der Waals surface area contributed by atoms with Crippen molar-refractivity contribution in [2.75, 3.05) is 0 Å². The van der Waals surface area contributed by atoms with Gasteiger partial charge in [-0.25, -0.2) is 9.97 Å². The molecular weight excluding hydrogens is 148 g/mol. The second kappa shape index (κ2) is 2.31. The second-order valence-electron chi connectivity index (χ2n) is 3.27. The molecule has 1 saturated carbocycles. The van der Waals surface area contributed by atoms with Gasteiger partial charge in [-0.05, 0) is 25.8 Å². The van der Waals surface area contributed by atoms with Crippen LogP contribution in [-0.4, -0.2) is 9.97 Å². The fourth-order valence-electron chi connectivity index (χ4n) is 1.32. The van der Waals surface area contributed by atoms with E-state index in [-0.39, 0.29) is 5.41 Å². The van der Waals surface area contributed by atoms with Crippen LogP contribution >= 0.6 is 0 Å². The van der Waals surface area contributed by atoms with Crippen molar-refractivity contribution in [1.82, 2.24) is 9.97 Å². The van der Waals surface area contributed by atoms with Crippen molar-refractivity contribution in [3.05, 3.63) is 23.8 Å². The normalized spacial score (nSPS) is 18.3. The monoisotopic (exact) mass is 158 g/mol. The second-order valence-corrected chi connectivity index (χ2v) is 3.27. The van der Waals surface area contributed by atoms with Gasteiger partial charge >= 0.3 is 0 Å². The molecule has 2 nitrogen and oxygen atoms in total. The summed E-state index contributed by atoms with van der Waals surface area (Å²) in [5.41, 5.74) is 1.95. The Morgan fingerprint density at radius 3 is 2.75 bits per heavy atom. The molecule has 1 heterocycles. The van der Waals surface area contributed by atoms with Crippen LogP contribution in [0.4, 0.5) is 0 Å². The number of terminal acetylenes is 1. The highest BCUT2D eigenvalue weighted by Crippen LogP contribution is 2.46. The summed E-state index contributed by atoms with van der Waals surface area (Å²) in [6.07, 6.45) is 9.16. The smallest absolute Gasteiger partial charge is 0.115 e. The summed E-state index contributed by atoms with van der Waals surface area (Å²) in [7, 11) is 0. The van der Waals surface area contributed by atoms with Gasteiger partial charge < -0.3 is 0 Å². The van der Waals surface area contributed by atoms with Crippen LogP contribution in [0, 0.1) is 19.3 Å². The lowest BCUT2D eigenvalue weighted by atomic mass is 10.0. The third-order valence-electron chi connectivity index (χ3n) is 2.32. The number of hydrogen-bond donors (Lipinski definition) is 0. The summed E-state index contributed by atoms with van der Waals surface area (Å²) in [4.78, 5) is 8.23. The summed E-state index contributed by atoms with van der Waals surface area (Å²) in [5.74, 6) is 2.81. The van der Waals surface area contributed by atoms with Gasteiger partial charge in [-0.1, -0.05) is 5.92 Å². The van der Waals surface area contributed by atoms with E-state index in [1.165, 1.54) is 0 Å². The lowest BCUT2D eigenvalue weighted by Gasteiger charge is -2.05. The van der Waals surface area contributed by atoms with Crippen molar-refractivity contribution in [2.45, 2.75) is 25.2 Å². The first-order valence-corrected chi connectivity index (χ1v) is 4.04. The highest BCUT2D eigenvalue weighted by Gasteiger charge is 2.44. The van der Waals surface area contributed by atoms with E-state index in [0.717, 1.165) is 24.2 Å². The van der Waals surface area contributed by atoms with E-state index in [2.05, 4.69) is 15.9 Å². The maximum atomic E-state index is 5.44. The fourth-order valence-corrected chi connectivity index (χ4v) is 1.32. The lowest BCUT2D eigenvalue weighted by Crippen LogP contribution is -2.06. The van der Waals surface area contributed by atoms with Gasteiger partial charge in [0.15, 0.2) is 0 Å². The van der Waals surface area contributed by atoms with E-state index in [1.807, 2.05) is 13.0 Å². The highest BCUT2D eigenvalue weighted by atomic mass is 14.9. The zero-order valence-electron chi connectivity index (χ0n) is 7.04. The van der Waals surface area contributed by atoms with Crippen LogP contribution in [0.5, 0.6) is 0 Å². The summed E-state index contributed by atoms with van der Waals surface area (Å²) in [6, 6.07) is 1.98. The number of hydrogen-bond acceptors (Lipinski definition) is 2. The minimum Gasteiger partial charge on any atom is -0.242 e. The molecule has 2 rings (SSSR count). The SMILES string of the molecule is C#CC1(c2cc(C)ncn2)CC1. The molecule has 1 aliphatic rings. The third-order valence-corrected chi connectivity index (χ3v) is 2.32. The van der Waals surface area contributed by atoms with E-state index in [0.29, 0.717) is 0 Å². The predicted molar refractivity (Wildman–Crippen MR) is 46.5 cm³/mol. The topological polar surface area (TPSA) is 25.8 Å². The maximum Gasteiger partial charge on any atom is 0.115 e. The van der Waals surface area contributed by atoms with E-state index in [1.54, 1.807) is 6.33 Å². The first kappa shape index (κ1) is 7.30. The summed E-state index contributed by atoms with van der Waals surface area (Å²) < 4.78 is 0. The summed E-state index contributed by atoms with van der Waals surface area (Å²) in [5, 5.41) is 0. The van der Waals surface area contributed by atoms with Crippen LogP contribution in [0.3, 0.4) is 0 Å². The van der Waals surface area contributed by atoms with Crippen LogP contribution in [0.15, 0.2) is 12.4 Å². The van der Waals surface area contributed by atoms with Crippen LogP contribution in [0.2, 0.25) is 0 Å². The Labute approximate surface area is 72.1 Å². The summed E-state index contributed by atoms with van der Waals surface area (Å²) >= 11 is 0. The molecule has 0 bridgehead atoms. The highest BCUT2D eigenvalue weighted by molar-refractivity contribution is 5.36. The minimum absolute atomic E-state index is 0.0479. The Bertz CT molecular complexity index is 345. The van der Waals surface area contributed by atoms with Gasteiger partial charge in [-0.2, -0.15) is 0 Å². The van der Waals surface area contributed by atoms with Crippen molar-refractivity contribution < 1.29 is 0 Å². The fraction of sp³-hybridized carbons (Fsp3) is 0.400. The maximum absolute atomic E-state index is 5.44. The average Bonchev–Trinajstić information content (AvgIpc) is 2.84. The number of nitrogens with zero attached hydrogens (tertiary/aromatic N) is 2. The molecule has 1 aromatic rings. The zero-order chi connectivity index (χ0) is 8.60. The molecule has 0 amide bonds. The molecule has 0 spiro atoms. The van der Waals surface area contributed by atoms with Gasteiger partial charge in [-0.15, -0.1) is 6.42 Å². The molecule has 0 unspecified atom stereocenters. The molecule has 60 valence electrons. The van der Waals surface area contributed by atoms with Crippen molar-refractivity contribution in [3.63, 3.8) is 0 Å². The molecule has 0 atom stereocenters. The molecule has 0 N–H and O–H groups in total. The Kier molecular flexibility index (Phi) is 1.41. The third kappa shape index (κ3) is 0.984. The molecule has 1 aliphatic carbocycles. The Morgan fingerprint density at radius 2 is 2.25 bits per heavy atom. The molecule has 0 aliphatic heterocycles. The molecule has 0 saturated heterocycles. The summed E-state index contributed by atoms with van der Waals surface area (Å²) in [6.45, 7) is 1.96. The van der Waals surface area contributed by atoms with E-state index < -0.39 is 0 Å². The quantitative estimate of drug-likeness (QED) is 0.578. The Morgan fingerprint density at radius 1 is 1.50 bits per heavy atom. The average molecular weight is 158 g/mol. The van der Waals surface area contributed by atoms with Gasteiger partial charge in [0, 0.05) is 5.69 Å². The number of aryl methyl sites for hydroxylation is 1. The molecule has 1 fully saturated rings. The van der Waals surface area contributed by atoms with E-state index in [9.17, 15) is 0 Å². The van der Waals surface area contributed by atoms with Crippen LogP contribution in [-0.2, 0) is 5.41 Å². The van der Waals surface area contributed by atoms with Gasteiger partial charge in [-0.3, -0.25) is 0 Å². The van der Waals surface area contributed by atoms with Gasteiger partial charge in [0.05, 0.1) is 11.1 Å². The predicted octanol–water partition coefficient (Wildman–Crippen LogP) is 1.45. The minimum atomic E-state index is -0.0479. The molecule has 12 heavy (non-hydrogen) atoms. The largest absolute Gasteiger partial charge is 0.242 e. The molecule has 0 aromatic carbocycles. The van der Waals surface area contributed by atoms with E-state index in [4.69, 9.17) is 6.42 Å². The van der Waals surface area contributed by atoms with Crippen LogP contribution < -0.4 is 0 Å². The van der Waals surface area contributed by atoms with Crippen molar-refractivity contribution in [1.29, 1.82) is 0 Å². The molecular formula is C10H10N2. The first-order chi connectivity index (χ1) is 5.77. The van der Waals surface area contributed by atoms with Gasteiger partial charge in [0.2, 0.25) is 0 Å². The zero-order valence-corrected chi connectivity index (χ0v) is 7.04. The standard InChI is InChI=1S/C10H10N2/c1-3-10(4-5-10)9-6-8(2)11-7-12-9/h1,6-7H,4-5H2,2H3. The Hall–Kier alpha value is -1.36. The van der Waals surface area contributed by atoms with Crippen molar-refractivity contribution in [2.24, 2.45) is 0 Å².